The van der Waals surface area contributed by atoms with Gasteiger partial charge in [-0.2, -0.15) is 0 Å². The van der Waals surface area contributed by atoms with Crippen molar-refractivity contribution in [3.8, 4) is 11.8 Å². The molecule has 1 heterocycles. The number of carbonyl (C=O) groups is 1. The van der Waals surface area contributed by atoms with Crippen LogP contribution in [0.25, 0.3) is 0 Å². The van der Waals surface area contributed by atoms with E-state index in [1.807, 2.05) is 43.5 Å². The number of aryl methyl sites for hydroxylation is 1. The molecule has 0 fully saturated rings. The average molecular weight is 285 g/mol. The molecule has 1 aromatic carbocycles. The highest BCUT2D eigenvalue weighted by Gasteiger charge is 2.07. The van der Waals surface area contributed by atoms with Gasteiger partial charge in [-0.05, 0) is 37.5 Å². The van der Waals surface area contributed by atoms with Crippen molar-refractivity contribution in [1.82, 2.24) is 4.98 Å². The van der Waals surface area contributed by atoms with Crippen LogP contribution in [-0.4, -0.2) is 11.0 Å². The van der Waals surface area contributed by atoms with Gasteiger partial charge in [0.15, 0.2) is 0 Å². The van der Waals surface area contributed by atoms with Crippen molar-refractivity contribution in [2.75, 3.05) is 0 Å². The number of nitrogens with zero attached hydrogens (tertiary/aromatic N) is 1. The van der Waals surface area contributed by atoms with E-state index in [1.165, 1.54) is 6.92 Å². The van der Waals surface area contributed by atoms with Crippen LogP contribution in [0.3, 0.4) is 0 Å². The molecule has 0 N–H and O–H groups in total. The maximum absolute atomic E-state index is 10.9. The van der Waals surface area contributed by atoms with E-state index < -0.39 is 0 Å². The molecule has 0 saturated carbocycles. The number of carbonyl (C=O) groups excluding carboxylic acids is 1. The Labute approximate surface area is 122 Å². The Balaban J connectivity index is 2.09. The number of hydrogen-bond donors (Lipinski definition) is 0. The van der Waals surface area contributed by atoms with Crippen molar-refractivity contribution < 1.29 is 9.53 Å². The van der Waals surface area contributed by atoms with Crippen molar-refractivity contribution in [2.45, 2.75) is 26.9 Å². The topological polar surface area (TPSA) is 39.2 Å². The summed E-state index contributed by atoms with van der Waals surface area (Å²) in [5.41, 5.74) is 2.66. The molecule has 2 aromatic rings. The Morgan fingerprint density at radius 1 is 1.30 bits per heavy atom. The molecule has 3 nitrogen and oxygen atoms in total. The summed E-state index contributed by atoms with van der Waals surface area (Å²) in [6.07, 6.45) is -0.240. The minimum absolute atomic E-state index is 0.240. The van der Waals surface area contributed by atoms with Crippen LogP contribution in [0, 0.1) is 18.8 Å². The van der Waals surface area contributed by atoms with Gasteiger partial charge in [-0.15, -0.1) is 11.3 Å². The lowest BCUT2D eigenvalue weighted by atomic mass is 10.1. The smallest absolute Gasteiger partial charge is 0.303 e. The summed E-state index contributed by atoms with van der Waals surface area (Å²) < 4.78 is 5.12. The van der Waals surface area contributed by atoms with Gasteiger partial charge in [0.1, 0.15) is 11.8 Å². The highest BCUT2D eigenvalue weighted by molar-refractivity contribution is 7.09. The van der Waals surface area contributed by atoms with E-state index in [1.54, 1.807) is 11.3 Å². The Morgan fingerprint density at radius 2 is 2.00 bits per heavy atom. The van der Waals surface area contributed by atoms with Gasteiger partial charge < -0.3 is 4.74 Å². The quantitative estimate of drug-likeness (QED) is 0.626. The zero-order chi connectivity index (χ0) is 14.5. The normalized spacial score (nSPS) is 11.3. The minimum Gasteiger partial charge on any atom is -0.458 e. The molecule has 0 aliphatic carbocycles. The predicted molar refractivity (Wildman–Crippen MR) is 79.5 cm³/mol. The summed E-state index contributed by atoms with van der Waals surface area (Å²) in [5.74, 6) is 5.82. The molecule has 20 heavy (non-hydrogen) atoms. The van der Waals surface area contributed by atoms with Crippen molar-refractivity contribution in [1.29, 1.82) is 0 Å². The summed E-state index contributed by atoms with van der Waals surface area (Å²) >= 11 is 1.59. The van der Waals surface area contributed by atoms with Gasteiger partial charge in [0.05, 0.1) is 5.01 Å². The lowest BCUT2D eigenvalue weighted by molar-refractivity contribution is -0.145. The Kier molecular flexibility index (Phi) is 4.54. The second kappa shape index (κ2) is 6.36. The fourth-order valence-corrected chi connectivity index (χ4v) is 2.26. The predicted octanol–water partition coefficient (Wildman–Crippen LogP) is 3.48. The fourth-order valence-electron chi connectivity index (χ4n) is 1.71. The van der Waals surface area contributed by atoms with E-state index in [2.05, 4.69) is 16.8 Å². The lowest BCUT2D eigenvalue weighted by Gasteiger charge is -2.11. The van der Waals surface area contributed by atoms with Crippen LogP contribution < -0.4 is 0 Å². The highest BCUT2D eigenvalue weighted by atomic mass is 32.1. The third-order valence-electron chi connectivity index (χ3n) is 2.68. The molecule has 102 valence electrons. The molecule has 1 unspecified atom stereocenters. The minimum atomic E-state index is -0.278. The standard InChI is InChI=1S/C16H15NO2S/c1-11(19-13(3)18)15-7-4-14(5-8-15)6-9-16-10-20-12(2)17-16/h4-5,7-8,10-11H,1-3H3. The highest BCUT2D eigenvalue weighted by Crippen LogP contribution is 2.17. The maximum atomic E-state index is 10.9. The van der Waals surface area contributed by atoms with Gasteiger partial charge >= 0.3 is 5.97 Å². The molecule has 4 heteroatoms. The third kappa shape index (κ3) is 3.94. The molecule has 1 aromatic heterocycles. The average Bonchev–Trinajstić information content (AvgIpc) is 2.82. The van der Waals surface area contributed by atoms with Crippen LogP contribution >= 0.6 is 11.3 Å². The Bertz CT molecular complexity index is 662. The van der Waals surface area contributed by atoms with Gasteiger partial charge in [0, 0.05) is 17.9 Å². The van der Waals surface area contributed by atoms with Crippen molar-refractivity contribution in [3.05, 3.63) is 51.5 Å². The van der Waals surface area contributed by atoms with E-state index in [0.29, 0.717) is 0 Å². The Morgan fingerprint density at radius 3 is 2.55 bits per heavy atom. The monoisotopic (exact) mass is 285 g/mol. The number of rotatable bonds is 2. The number of hydrogen-bond acceptors (Lipinski definition) is 4. The van der Waals surface area contributed by atoms with Gasteiger partial charge in [-0.3, -0.25) is 4.79 Å². The summed E-state index contributed by atoms with van der Waals surface area (Å²) in [6.45, 7) is 5.22. The van der Waals surface area contributed by atoms with Gasteiger partial charge in [0.2, 0.25) is 0 Å². The van der Waals surface area contributed by atoms with Gasteiger partial charge in [0.25, 0.3) is 0 Å². The molecule has 1 atom stereocenters. The number of aromatic nitrogens is 1. The molecule has 0 amide bonds. The first-order chi connectivity index (χ1) is 9.54. The van der Waals surface area contributed by atoms with E-state index in [-0.39, 0.29) is 12.1 Å². The summed E-state index contributed by atoms with van der Waals surface area (Å²) in [7, 11) is 0. The number of benzene rings is 1. The maximum Gasteiger partial charge on any atom is 0.303 e. The second-order valence-corrected chi connectivity index (χ2v) is 5.44. The second-order valence-electron chi connectivity index (χ2n) is 4.38. The molecule has 0 saturated heterocycles. The van der Waals surface area contributed by atoms with Crippen molar-refractivity contribution in [2.24, 2.45) is 0 Å². The number of ether oxygens (including phenoxy) is 1. The number of esters is 1. The van der Waals surface area contributed by atoms with E-state index in [9.17, 15) is 4.79 Å². The van der Waals surface area contributed by atoms with Crippen LogP contribution in [-0.2, 0) is 9.53 Å². The molecule has 0 radical (unpaired) electrons. The summed E-state index contributed by atoms with van der Waals surface area (Å²) in [6, 6.07) is 7.68. The Hall–Kier alpha value is -2.12. The van der Waals surface area contributed by atoms with Gasteiger partial charge in [-0.1, -0.05) is 18.1 Å². The first-order valence-corrected chi connectivity index (χ1v) is 7.14. The van der Waals surface area contributed by atoms with Crippen LogP contribution in [0.15, 0.2) is 29.6 Å². The zero-order valence-corrected chi connectivity index (χ0v) is 12.5. The lowest BCUT2D eigenvalue weighted by Crippen LogP contribution is -2.04. The first kappa shape index (κ1) is 14.3. The molecule has 0 aliphatic heterocycles. The number of thiazole rings is 1. The summed E-state index contributed by atoms with van der Waals surface area (Å²) in [4.78, 5) is 15.2. The van der Waals surface area contributed by atoms with Crippen molar-refractivity contribution in [3.63, 3.8) is 0 Å². The molecular formula is C16H15NO2S. The van der Waals surface area contributed by atoms with Crippen LogP contribution in [0.1, 0.15) is 41.8 Å². The first-order valence-electron chi connectivity index (χ1n) is 6.26. The molecule has 2 rings (SSSR count). The molecule has 0 spiro atoms. The van der Waals surface area contributed by atoms with E-state index in [4.69, 9.17) is 4.74 Å². The van der Waals surface area contributed by atoms with E-state index >= 15 is 0 Å². The fraction of sp³-hybridized carbons (Fsp3) is 0.250. The zero-order valence-electron chi connectivity index (χ0n) is 11.6. The summed E-state index contributed by atoms with van der Waals surface area (Å²) in [5, 5.41) is 2.96. The largest absolute Gasteiger partial charge is 0.458 e. The third-order valence-corrected chi connectivity index (χ3v) is 3.45. The van der Waals surface area contributed by atoms with Crippen LogP contribution in [0.5, 0.6) is 0 Å². The van der Waals surface area contributed by atoms with Gasteiger partial charge in [-0.25, -0.2) is 4.98 Å². The molecular weight excluding hydrogens is 270 g/mol. The SMILES string of the molecule is CC(=O)OC(C)c1ccc(C#Cc2csc(C)n2)cc1. The van der Waals surface area contributed by atoms with Crippen LogP contribution in [0.2, 0.25) is 0 Å². The molecule has 0 aliphatic rings. The van der Waals surface area contributed by atoms with Crippen LogP contribution in [0.4, 0.5) is 0 Å². The molecule has 0 bridgehead atoms. The van der Waals surface area contributed by atoms with E-state index in [0.717, 1.165) is 21.8 Å². The van der Waals surface area contributed by atoms with Crippen molar-refractivity contribution >= 4 is 17.3 Å².